The summed E-state index contributed by atoms with van der Waals surface area (Å²) in [6.45, 7) is 1.37. The first-order valence-corrected chi connectivity index (χ1v) is 9.05. The van der Waals surface area contributed by atoms with Crippen LogP contribution in [0.1, 0.15) is 21.6 Å². The first-order valence-electron chi connectivity index (χ1n) is 9.05. The van der Waals surface area contributed by atoms with Crippen molar-refractivity contribution in [2.75, 3.05) is 6.54 Å². The van der Waals surface area contributed by atoms with Gasteiger partial charge in [-0.2, -0.15) is 0 Å². The molecule has 27 heavy (non-hydrogen) atoms. The largest absolute Gasteiger partial charge is 0.335 e. The van der Waals surface area contributed by atoms with E-state index in [0.717, 1.165) is 23.9 Å². The fraction of sp³-hybridized carbons (Fsp3) is 0.136. The van der Waals surface area contributed by atoms with Crippen LogP contribution in [0.5, 0.6) is 0 Å². The van der Waals surface area contributed by atoms with E-state index >= 15 is 0 Å². The second kappa shape index (κ2) is 6.36. The van der Waals surface area contributed by atoms with E-state index in [2.05, 4.69) is 33.2 Å². The second-order valence-electron chi connectivity index (χ2n) is 6.79. The summed E-state index contributed by atoms with van der Waals surface area (Å²) >= 11 is 0. The van der Waals surface area contributed by atoms with Crippen molar-refractivity contribution >= 4 is 16.9 Å². The first-order chi connectivity index (χ1) is 13.3. The number of amides is 1. The van der Waals surface area contributed by atoms with Gasteiger partial charge >= 0.3 is 0 Å². The summed E-state index contributed by atoms with van der Waals surface area (Å²) in [7, 11) is 0. The highest BCUT2D eigenvalue weighted by atomic mass is 16.2. The van der Waals surface area contributed by atoms with Crippen molar-refractivity contribution in [3.8, 4) is 11.4 Å². The van der Waals surface area contributed by atoms with E-state index in [-0.39, 0.29) is 5.91 Å². The van der Waals surface area contributed by atoms with Crippen molar-refractivity contribution < 1.29 is 4.79 Å². The summed E-state index contributed by atoms with van der Waals surface area (Å²) in [6.07, 6.45) is 2.66. The molecule has 0 saturated heterocycles. The van der Waals surface area contributed by atoms with Gasteiger partial charge in [-0.1, -0.05) is 54.6 Å². The Morgan fingerprint density at radius 2 is 1.78 bits per heavy atom. The van der Waals surface area contributed by atoms with Gasteiger partial charge in [-0.25, -0.2) is 9.97 Å². The Bertz CT molecular complexity index is 1130. The minimum atomic E-state index is 0.00349. The van der Waals surface area contributed by atoms with Crippen molar-refractivity contribution in [1.82, 2.24) is 19.9 Å². The van der Waals surface area contributed by atoms with E-state index in [1.165, 1.54) is 11.1 Å². The van der Waals surface area contributed by atoms with Crippen LogP contribution >= 0.6 is 0 Å². The molecule has 132 valence electrons. The van der Waals surface area contributed by atoms with Crippen molar-refractivity contribution in [2.45, 2.75) is 13.0 Å². The Labute approximate surface area is 156 Å². The van der Waals surface area contributed by atoms with Gasteiger partial charge in [0.1, 0.15) is 11.3 Å². The standard InChI is InChI=1S/C22H18N4O/c27-22(26-11-10-15-6-4-5-9-17(15)14-26)19-12-18-13-23-20(25-21(18)24-19)16-7-2-1-3-8-16/h1-9,12-13H,10-11,14H2,(H,23,24,25). The maximum atomic E-state index is 13.0. The van der Waals surface area contributed by atoms with Crippen LogP contribution in [0.3, 0.4) is 0 Å². The smallest absolute Gasteiger partial charge is 0.270 e. The van der Waals surface area contributed by atoms with Crippen LogP contribution in [0.25, 0.3) is 22.4 Å². The van der Waals surface area contributed by atoms with Crippen LogP contribution in [-0.4, -0.2) is 32.3 Å². The molecule has 0 bridgehead atoms. The number of hydrogen-bond donors (Lipinski definition) is 1. The Kier molecular flexibility index (Phi) is 3.71. The number of nitrogens with zero attached hydrogens (tertiary/aromatic N) is 3. The fourth-order valence-electron chi connectivity index (χ4n) is 3.60. The lowest BCUT2D eigenvalue weighted by Gasteiger charge is -2.28. The van der Waals surface area contributed by atoms with Gasteiger partial charge in [-0.05, 0) is 23.6 Å². The van der Waals surface area contributed by atoms with E-state index < -0.39 is 0 Å². The third kappa shape index (κ3) is 2.87. The van der Waals surface area contributed by atoms with Gasteiger partial charge < -0.3 is 9.88 Å². The molecule has 0 spiro atoms. The van der Waals surface area contributed by atoms with Gasteiger partial charge in [0.25, 0.3) is 5.91 Å². The zero-order valence-electron chi connectivity index (χ0n) is 14.7. The summed E-state index contributed by atoms with van der Waals surface area (Å²) in [5.41, 5.74) is 4.75. The molecule has 1 aliphatic rings. The quantitative estimate of drug-likeness (QED) is 0.595. The minimum absolute atomic E-state index is 0.00349. The van der Waals surface area contributed by atoms with E-state index in [9.17, 15) is 4.79 Å². The number of aromatic nitrogens is 3. The predicted octanol–water partition coefficient (Wildman–Crippen LogP) is 3.82. The van der Waals surface area contributed by atoms with Crippen molar-refractivity contribution in [3.05, 3.63) is 83.7 Å². The van der Waals surface area contributed by atoms with Crippen molar-refractivity contribution in [1.29, 1.82) is 0 Å². The number of fused-ring (bicyclic) bond motifs is 2. The average Bonchev–Trinajstić information content (AvgIpc) is 3.17. The number of nitrogens with one attached hydrogen (secondary N) is 1. The SMILES string of the molecule is O=C(c1cc2cnc(-c3ccccc3)nc2[nH]1)N1CCc2ccccc2C1. The number of aromatic amines is 1. The number of carbonyl (C=O) groups excluding carboxylic acids is 1. The molecule has 0 aliphatic carbocycles. The fourth-order valence-corrected chi connectivity index (χ4v) is 3.60. The first kappa shape index (κ1) is 15.8. The normalized spacial score (nSPS) is 13.6. The number of rotatable bonds is 2. The molecule has 5 rings (SSSR count). The Balaban J connectivity index is 1.44. The van der Waals surface area contributed by atoms with Gasteiger partial charge in [-0.3, -0.25) is 4.79 Å². The molecule has 4 aromatic rings. The number of H-pyrrole nitrogens is 1. The molecular weight excluding hydrogens is 336 g/mol. The van der Waals surface area contributed by atoms with Gasteiger partial charge in [0, 0.05) is 30.2 Å². The molecule has 1 aliphatic heterocycles. The van der Waals surface area contributed by atoms with E-state index in [1.54, 1.807) is 6.20 Å². The second-order valence-corrected chi connectivity index (χ2v) is 6.79. The zero-order chi connectivity index (χ0) is 18.2. The lowest BCUT2D eigenvalue weighted by atomic mass is 10.00. The molecule has 0 fully saturated rings. The Hall–Kier alpha value is -3.47. The maximum Gasteiger partial charge on any atom is 0.270 e. The van der Waals surface area contributed by atoms with Crippen LogP contribution in [0.2, 0.25) is 0 Å². The van der Waals surface area contributed by atoms with Gasteiger partial charge in [-0.15, -0.1) is 0 Å². The van der Waals surface area contributed by atoms with Gasteiger partial charge in [0.15, 0.2) is 5.82 Å². The number of carbonyl (C=O) groups is 1. The number of hydrogen-bond acceptors (Lipinski definition) is 3. The lowest BCUT2D eigenvalue weighted by Crippen LogP contribution is -2.36. The summed E-state index contributed by atoms with van der Waals surface area (Å²) in [6, 6.07) is 20.0. The molecule has 0 saturated carbocycles. The summed E-state index contributed by atoms with van der Waals surface area (Å²) in [4.78, 5) is 27.1. The molecular formula is C22H18N4O. The molecule has 2 aromatic carbocycles. The maximum absolute atomic E-state index is 13.0. The summed E-state index contributed by atoms with van der Waals surface area (Å²) < 4.78 is 0. The van der Waals surface area contributed by atoms with Crippen LogP contribution in [0.15, 0.2) is 66.9 Å². The van der Waals surface area contributed by atoms with Crippen LogP contribution < -0.4 is 0 Å². The highest BCUT2D eigenvalue weighted by Gasteiger charge is 2.23. The molecule has 3 heterocycles. The molecule has 5 heteroatoms. The monoisotopic (exact) mass is 354 g/mol. The predicted molar refractivity (Wildman–Crippen MR) is 104 cm³/mol. The summed E-state index contributed by atoms with van der Waals surface area (Å²) in [5, 5.41) is 0.843. The average molecular weight is 354 g/mol. The minimum Gasteiger partial charge on any atom is -0.335 e. The van der Waals surface area contributed by atoms with E-state index in [1.807, 2.05) is 47.4 Å². The topological polar surface area (TPSA) is 61.9 Å². The Morgan fingerprint density at radius 3 is 2.63 bits per heavy atom. The van der Waals surface area contributed by atoms with Gasteiger partial charge in [0.05, 0.1) is 0 Å². The highest BCUT2D eigenvalue weighted by Crippen LogP contribution is 2.22. The van der Waals surface area contributed by atoms with E-state index in [0.29, 0.717) is 23.7 Å². The third-order valence-electron chi connectivity index (χ3n) is 5.05. The van der Waals surface area contributed by atoms with Crippen molar-refractivity contribution in [3.63, 3.8) is 0 Å². The third-order valence-corrected chi connectivity index (χ3v) is 5.05. The highest BCUT2D eigenvalue weighted by molar-refractivity contribution is 5.97. The molecule has 5 nitrogen and oxygen atoms in total. The van der Waals surface area contributed by atoms with E-state index in [4.69, 9.17) is 0 Å². The van der Waals surface area contributed by atoms with Crippen LogP contribution in [0.4, 0.5) is 0 Å². The zero-order valence-corrected chi connectivity index (χ0v) is 14.7. The number of benzene rings is 2. The Morgan fingerprint density at radius 1 is 1.00 bits per heavy atom. The van der Waals surface area contributed by atoms with Crippen molar-refractivity contribution in [2.24, 2.45) is 0 Å². The molecule has 0 unspecified atom stereocenters. The molecule has 1 amide bonds. The van der Waals surface area contributed by atoms with Crippen LogP contribution in [-0.2, 0) is 13.0 Å². The molecule has 2 aromatic heterocycles. The summed E-state index contributed by atoms with van der Waals surface area (Å²) in [5.74, 6) is 0.652. The van der Waals surface area contributed by atoms with Crippen LogP contribution in [0, 0.1) is 0 Å². The molecule has 0 radical (unpaired) electrons. The molecule has 1 N–H and O–H groups in total. The molecule has 0 atom stereocenters. The van der Waals surface area contributed by atoms with Gasteiger partial charge in [0.2, 0.25) is 0 Å². The lowest BCUT2D eigenvalue weighted by molar-refractivity contribution is 0.0729.